The maximum absolute atomic E-state index is 14.2. The summed E-state index contributed by atoms with van der Waals surface area (Å²) in [6.45, 7) is 8.24. The molecule has 11 nitrogen and oxygen atoms in total. The van der Waals surface area contributed by atoms with Crippen molar-refractivity contribution in [2.24, 2.45) is 0 Å². The summed E-state index contributed by atoms with van der Waals surface area (Å²) in [5.41, 5.74) is 7.01. The number of nitrogens with one attached hydrogen (secondary N) is 3. The fourth-order valence-corrected chi connectivity index (χ4v) is 8.61. The number of amides is 2. The summed E-state index contributed by atoms with van der Waals surface area (Å²) < 4.78 is 0. The van der Waals surface area contributed by atoms with Crippen molar-refractivity contribution in [2.45, 2.75) is 76.0 Å². The van der Waals surface area contributed by atoms with E-state index in [1.807, 2.05) is 35.5 Å². The van der Waals surface area contributed by atoms with Gasteiger partial charge in [0, 0.05) is 13.1 Å². The van der Waals surface area contributed by atoms with Crippen molar-refractivity contribution in [2.75, 3.05) is 32.7 Å². The second kappa shape index (κ2) is 15.2. The lowest BCUT2D eigenvalue weighted by atomic mass is 10.0. The lowest BCUT2D eigenvalue weighted by molar-refractivity contribution is -0.138. The van der Waals surface area contributed by atoms with Crippen LogP contribution >= 0.6 is 0 Å². The highest BCUT2D eigenvalue weighted by molar-refractivity contribution is 5.84. The number of aromatic amines is 2. The van der Waals surface area contributed by atoms with Crippen LogP contribution in [0.3, 0.4) is 0 Å². The number of H-pyrrole nitrogens is 2. The fraction of sp³-hybridized carbons (Fsp3) is 0.395. The number of carbonyl (C=O) groups is 2. The van der Waals surface area contributed by atoms with E-state index in [-0.39, 0.29) is 29.6 Å². The molecule has 5 aromatic rings. The van der Waals surface area contributed by atoms with Gasteiger partial charge in [0.2, 0.25) is 5.91 Å². The summed E-state index contributed by atoms with van der Waals surface area (Å²) in [6, 6.07) is 27.0. The zero-order valence-corrected chi connectivity index (χ0v) is 31.2. The summed E-state index contributed by atoms with van der Waals surface area (Å²) in [4.78, 5) is 48.9. The number of benzene rings is 3. The zero-order chi connectivity index (χ0) is 37.2. The van der Waals surface area contributed by atoms with Gasteiger partial charge in [-0.15, -0.1) is 0 Å². The topological polar surface area (TPSA) is 133 Å². The van der Waals surface area contributed by atoms with Gasteiger partial charge >= 0.3 is 6.09 Å². The molecule has 1 saturated carbocycles. The maximum atomic E-state index is 14.2. The molecule has 0 bridgehead atoms. The standard InChI is InChI=1S/C43H50N8O3/c1-3-49(4-2)38(33-10-6-5-7-11-33)41(52)51-25-9-13-37(51)40-45-27-35(47-40)32-20-16-30(17-21-32)29-14-18-31(19-15-29)34-26-44-39(46-34)36-12-8-24-50(36)28-43(22-23-43)48-42(53)54/h5-7,10-11,14-21,26-27,36-38,48H,3-4,8-9,12-13,22-25,28H2,1-2H3,(H,44,46)(H,45,47)(H,53,54)/t36-,37-,38+/m0/s1. The number of likely N-dealkylation sites (N-methyl/N-ethyl adjacent to an activating group) is 1. The molecule has 2 saturated heterocycles. The summed E-state index contributed by atoms with van der Waals surface area (Å²) >= 11 is 0. The maximum Gasteiger partial charge on any atom is 0.405 e. The predicted octanol–water partition coefficient (Wildman–Crippen LogP) is 7.82. The Kier molecular flexibility index (Phi) is 10.1. The molecule has 0 spiro atoms. The van der Waals surface area contributed by atoms with Crippen LogP contribution in [0.5, 0.6) is 0 Å². The molecule has 3 aliphatic rings. The molecule has 11 heteroatoms. The van der Waals surface area contributed by atoms with E-state index in [4.69, 9.17) is 9.97 Å². The Morgan fingerprint density at radius 1 is 0.796 bits per heavy atom. The van der Waals surface area contributed by atoms with Crippen molar-refractivity contribution in [3.8, 4) is 33.6 Å². The predicted molar refractivity (Wildman–Crippen MR) is 210 cm³/mol. The van der Waals surface area contributed by atoms with Crippen molar-refractivity contribution in [3.05, 3.63) is 108 Å². The van der Waals surface area contributed by atoms with Gasteiger partial charge in [-0.1, -0.05) is 92.7 Å². The lowest BCUT2D eigenvalue weighted by Crippen LogP contribution is -2.45. The average Bonchev–Trinajstić information content (AvgIpc) is 3.78. The molecule has 3 atom stereocenters. The Morgan fingerprint density at radius 3 is 1.89 bits per heavy atom. The normalized spacial score (nSPS) is 20.0. The molecular weight excluding hydrogens is 677 g/mol. The first-order valence-electron chi connectivity index (χ1n) is 19.5. The molecule has 3 fully saturated rings. The molecule has 54 heavy (non-hydrogen) atoms. The number of carbonyl (C=O) groups excluding carboxylic acids is 1. The van der Waals surface area contributed by atoms with E-state index in [0.29, 0.717) is 0 Å². The highest BCUT2D eigenvalue weighted by atomic mass is 16.4. The molecular formula is C43H50N8O3. The van der Waals surface area contributed by atoms with Gasteiger partial charge in [0.25, 0.3) is 0 Å². The second-order valence-electron chi connectivity index (χ2n) is 15.1. The molecule has 8 rings (SSSR count). The molecule has 2 aromatic heterocycles. The number of aromatic nitrogens is 4. The highest BCUT2D eigenvalue weighted by Gasteiger charge is 2.47. The third kappa shape index (κ3) is 7.30. The number of imidazole rings is 2. The SMILES string of the molecule is CCN(CC)[C@@H](C(=O)N1CCC[C@H]1c1ncc(-c2ccc(-c3ccc(-c4cnc([C@@H]5CCCN5CC5(NC(=O)O)CC5)[nH]4)cc3)cc2)[nH]1)c1ccccc1. The van der Waals surface area contributed by atoms with E-state index in [1.165, 1.54) is 0 Å². The van der Waals surface area contributed by atoms with Crippen LogP contribution in [0.4, 0.5) is 4.79 Å². The molecule has 0 unspecified atom stereocenters. The minimum Gasteiger partial charge on any atom is -0.465 e. The Hall–Kier alpha value is -5.26. The van der Waals surface area contributed by atoms with Gasteiger partial charge in [0.05, 0.1) is 41.4 Å². The molecule has 2 amide bonds. The largest absolute Gasteiger partial charge is 0.465 e. The summed E-state index contributed by atoms with van der Waals surface area (Å²) in [7, 11) is 0. The van der Waals surface area contributed by atoms with Crippen LogP contribution in [0.15, 0.2) is 91.3 Å². The van der Waals surface area contributed by atoms with Gasteiger partial charge < -0.3 is 25.3 Å². The van der Waals surface area contributed by atoms with Crippen LogP contribution in [0.1, 0.15) is 87.7 Å². The van der Waals surface area contributed by atoms with Crippen LogP contribution in [0, 0.1) is 0 Å². The number of nitrogens with zero attached hydrogens (tertiary/aromatic N) is 5. The molecule has 0 radical (unpaired) electrons. The van der Waals surface area contributed by atoms with Gasteiger partial charge in [-0.3, -0.25) is 14.6 Å². The Morgan fingerprint density at radius 2 is 1.33 bits per heavy atom. The van der Waals surface area contributed by atoms with Gasteiger partial charge in [-0.05, 0) is 86.0 Å². The van der Waals surface area contributed by atoms with Crippen molar-refractivity contribution in [1.29, 1.82) is 0 Å². The van der Waals surface area contributed by atoms with Gasteiger partial charge in [0.1, 0.15) is 17.7 Å². The fourth-order valence-electron chi connectivity index (χ4n) is 8.61. The van der Waals surface area contributed by atoms with Crippen molar-refractivity contribution >= 4 is 12.0 Å². The highest BCUT2D eigenvalue weighted by Crippen LogP contribution is 2.41. The minimum absolute atomic E-state index is 0.0789. The van der Waals surface area contributed by atoms with Crippen LogP contribution in [-0.4, -0.2) is 90.0 Å². The summed E-state index contributed by atoms with van der Waals surface area (Å²) in [5.74, 6) is 1.92. The van der Waals surface area contributed by atoms with E-state index in [1.54, 1.807) is 0 Å². The van der Waals surface area contributed by atoms with Crippen molar-refractivity contribution in [1.82, 2.24) is 40.0 Å². The van der Waals surface area contributed by atoms with Crippen molar-refractivity contribution in [3.63, 3.8) is 0 Å². The molecule has 4 heterocycles. The smallest absolute Gasteiger partial charge is 0.405 e. The monoisotopic (exact) mass is 726 g/mol. The molecule has 1 aliphatic carbocycles. The van der Waals surface area contributed by atoms with Crippen LogP contribution in [0.25, 0.3) is 33.6 Å². The number of hydrogen-bond donors (Lipinski definition) is 4. The van der Waals surface area contributed by atoms with Gasteiger partial charge in [-0.25, -0.2) is 14.8 Å². The third-order valence-electron chi connectivity index (χ3n) is 11.7. The molecule has 3 aromatic carbocycles. The first kappa shape index (κ1) is 35.8. The van der Waals surface area contributed by atoms with Crippen molar-refractivity contribution < 1.29 is 14.7 Å². The molecule has 280 valence electrons. The number of likely N-dealkylation sites (tertiary alicyclic amines) is 2. The first-order chi connectivity index (χ1) is 26.3. The number of hydrogen-bond acceptors (Lipinski definition) is 6. The first-order valence-corrected chi connectivity index (χ1v) is 19.5. The Labute approximate surface area is 316 Å². The van der Waals surface area contributed by atoms with Crippen LogP contribution < -0.4 is 5.32 Å². The summed E-state index contributed by atoms with van der Waals surface area (Å²) in [5, 5.41) is 12.0. The van der Waals surface area contributed by atoms with E-state index in [0.717, 1.165) is 122 Å². The van der Waals surface area contributed by atoms with Crippen LogP contribution in [-0.2, 0) is 4.79 Å². The average molecular weight is 727 g/mol. The molecule has 4 N–H and O–H groups in total. The number of carboxylic acid groups (broad SMARTS) is 1. The molecule has 2 aliphatic heterocycles. The lowest BCUT2D eigenvalue weighted by Gasteiger charge is -2.34. The second-order valence-corrected chi connectivity index (χ2v) is 15.1. The Balaban J connectivity index is 0.925. The quantitative estimate of drug-likeness (QED) is 0.0973. The van der Waals surface area contributed by atoms with Crippen LogP contribution in [0.2, 0.25) is 0 Å². The Bertz CT molecular complexity index is 2050. The van der Waals surface area contributed by atoms with E-state index in [9.17, 15) is 14.7 Å². The zero-order valence-electron chi connectivity index (χ0n) is 31.2. The van der Waals surface area contributed by atoms with E-state index < -0.39 is 6.09 Å². The minimum atomic E-state index is -0.945. The summed E-state index contributed by atoms with van der Waals surface area (Å²) in [6.07, 6.45) is 8.56. The van der Waals surface area contributed by atoms with Gasteiger partial charge in [-0.2, -0.15) is 0 Å². The number of rotatable bonds is 13. The van der Waals surface area contributed by atoms with E-state index >= 15 is 0 Å². The van der Waals surface area contributed by atoms with Gasteiger partial charge in [0.15, 0.2) is 0 Å². The van der Waals surface area contributed by atoms with E-state index in [2.05, 4.69) is 99.6 Å². The third-order valence-corrected chi connectivity index (χ3v) is 11.7.